The molecule has 0 spiro atoms. The number of benzene rings is 1. The average molecular weight is 352 g/mol. The fraction of sp³-hybridized carbons (Fsp3) is 0.588. The first kappa shape index (κ1) is 17.2. The lowest BCUT2D eigenvalue weighted by molar-refractivity contribution is -0.121. The van der Waals surface area contributed by atoms with Crippen LogP contribution in [0.25, 0.3) is 0 Å². The topological polar surface area (TPSA) is 75.7 Å². The number of hydrogen-bond acceptors (Lipinski definition) is 4. The molecular formula is C17H24N2O4S. The van der Waals surface area contributed by atoms with Crippen LogP contribution in [0.5, 0.6) is 5.75 Å². The molecule has 0 aromatic heterocycles. The highest BCUT2D eigenvalue weighted by Gasteiger charge is 2.43. The van der Waals surface area contributed by atoms with Crippen LogP contribution in [0.2, 0.25) is 0 Å². The molecule has 1 aromatic rings. The van der Waals surface area contributed by atoms with Crippen molar-refractivity contribution < 1.29 is 17.9 Å². The van der Waals surface area contributed by atoms with Gasteiger partial charge in [0, 0.05) is 20.0 Å². The third kappa shape index (κ3) is 3.02. The zero-order valence-electron chi connectivity index (χ0n) is 14.3. The van der Waals surface area contributed by atoms with E-state index in [2.05, 4.69) is 5.32 Å². The molecule has 2 aliphatic carbocycles. The van der Waals surface area contributed by atoms with Gasteiger partial charge in [0.25, 0.3) is 0 Å². The second-order valence-electron chi connectivity index (χ2n) is 6.92. The maximum atomic E-state index is 12.6. The van der Waals surface area contributed by atoms with Crippen LogP contribution in [0.1, 0.15) is 25.7 Å². The number of nitrogens with one attached hydrogen (secondary N) is 1. The Labute approximate surface area is 143 Å². The minimum absolute atomic E-state index is 0.0279. The lowest BCUT2D eigenvalue weighted by Gasteiger charge is -2.22. The van der Waals surface area contributed by atoms with Crippen LogP contribution in [0.15, 0.2) is 23.1 Å². The minimum atomic E-state index is -3.56. The number of carbonyl (C=O) groups excluding carboxylic acids is 1. The number of nitrogens with zero attached hydrogens (tertiary/aromatic N) is 1. The van der Waals surface area contributed by atoms with Gasteiger partial charge in [0.1, 0.15) is 5.75 Å². The summed E-state index contributed by atoms with van der Waals surface area (Å²) in [6.45, 7) is 0. The third-order valence-corrected chi connectivity index (χ3v) is 7.09. The van der Waals surface area contributed by atoms with E-state index in [1.807, 2.05) is 0 Å². The van der Waals surface area contributed by atoms with Gasteiger partial charge in [-0.1, -0.05) is 6.42 Å². The number of hydrogen-bond donors (Lipinski definition) is 1. The van der Waals surface area contributed by atoms with Gasteiger partial charge in [0.15, 0.2) is 0 Å². The number of ether oxygens (including phenoxy) is 1. The van der Waals surface area contributed by atoms with Gasteiger partial charge in [0.2, 0.25) is 15.9 Å². The molecule has 2 aliphatic rings. The summed E-state index contributed by atoms with van der Waals surface area (Å²) < 4.78 is 31.0. The molecule has 0 unspecified atom stereocenters. The van der Waals surface area contributed by atoms with Gasteiger partial charge < -0.3 is 10.1 Å². The molecule has 0 radical (unpaired) electrons. The van der Waals surface area contributed by atoms with Crippen LogP contribution >= 0.6 is 0 Å². The normalized spacial score (nSPS) is 25.9. The van der Waals surface area contributed by atoms with Gasteiger partial charge in [-0.15, -0.1) is 0 Å². The van der Waals surface area contributed by atoms with Crippen LogP contribution in [-0.2, 0) is 14.8 Å². The fourth-order valence-electron chi connectivity index (χ4n) is 3.95. The molecule has 24 heavy (non-hydrogen) atoms. The van der Waals surface area contributed by atoms with Crippen LogP contribution in [-0.4, -0.2) is 39.8 Å². The van der Waals surface area contributed by atoms with Crippen molar-refractivity contribution in [2.75, 3.05) is 26.5 Å². The van der Waals surface area contributed by atoms with Gasteiger partial charge in [-0.2, -0.15) is 0 Å². The van der Waals surface area contributed by atoms with Crippen molar-refractivity contribution in [2.24, 2.45) is 17.8 Å². The van der Waals surface area contributed by atoms with Crippen LogP contribution in [0, 0.1) is 17.8 Å². The Bertz CT molecular complexity index is 745. The average Bonchev–Trinajstić information content (AvgIpc) is 3.17. The smallest absolute Gasteiger partial charge is 0.242 e. The summed E-state index contributed by atoms with van der Waals surface area (Å²) in [5.41, 5.74) is 0.410. The zero-order chi connectivity index (χ0) is 17.5. The van der Waals surface area contributed by atoms with E-state index < -0.39 is 10.0 Å². The molecule has 1 aromatic carbocycles. The lowest BCUT2D eigenvalue weighted by atomic mass is 9.88. The zero-order valence-corrected chi connectivity index (χ0v) is 15.1. The molecule has 2 fully saturated rings. The predicted octanol–water partition coefficient (Wildman–Crippen LogP) is 2.32. The summed E-state index contributed by atoms with van der Waals surface area (Å²) in [6, 6.07) is 4.54. The first-order valence-electron chi connectivity index (χ1n) is 8.24. The summed E-state index contributed by atoms with van der Waals surface area (Å²) in [6.07, 6.45) is 4.43. The van der Waals surface area contributed by atoms with Gasteiger partial charge >= 0.3 is 0 Å². The highest BCUT2D eigenvalue weighted by molar-refractivity contribution is 7.89. The standard InChI is InChI=1S/C17H24N2O4S/c1-19(2)24(21,22)13-6-7-16(23-3)15(10-13)18-17(20)14-9-11-4-5-12(14)8-11/h6-7,10-12,14H,4-5,8-9H2,1-3H3,(H,18,20)/t11-,12-,14+/m0/s1. The van der Waals surface area contributed by atoms with E-state index in [9.17, 15) is 13.2 Å². The van der Waals surface area contributed by atoms with Crippen molar-refractivity contribution >= 4 is 21.6 Å². The molecule has 2 saturated carbocycles. The molecule has 1 N–H and O–H groups in total. The molecule has 0 saturated heterocycles. The summed E-state index contributed by atoms with van der Waals surface area (Å²) in [7, 11) is 0.900. The van der Waals surface area contributed by atoms with Gasteiger partial charge in [-0.25, -0.2) is 12.7 Å². The quantitative estimate of drug-likeness (QED) is 0.882. The number of anilines is 1. The fourth-order valence-corrected chi connectivity index (χ4v) is 4.88. The number of carbonyl (C=O) groups is 1. The number of rotatable bonds is 5. The molecule has 0 heterocycles. The Kier molecular flexibility index (Phi) is 4.57. The van der Waals surface area contributed by atoms with Gasteiger partial charge in [-0.3, -0.25) is 4.79 Å². The van der Waals surface area contributed by atoms with Crippen molar-refractivity contribution in [3.8, 4) is 5.75 Å². The first-order valence-corrected chi connectivity index (χ1v) is 9.68. The Balaban J connectivity index is 1.85. The van der Waals surface area contributed by atoms with E-state index >= 15 is 0 Å². The van der Waals surface area contributed by atoms with Crippen molar-refractivity contribution in [3.05, 3.63) is 18.2 Å². The maximum Gasteiger partial charge on any atom is 0.242 e. The molecule has 0 aliphatic heterocycles. The summed E-state index contributed by atoms with van der Waals surface area (Å²) >= 11 is 0. The van der Waals surface area contributed by atoms with Crippen molar-refractivity contribution in [1.82, 2.24) is 4.31 Å². The largest absolute Gasteiger partial charge is 0.495 e. The Hall–Kier alpha value is -1.60. The highest BCUT2D eigenvalue weighted by Crippen LogP contribution is 2.48. The van der Waals surface area contributed by atoms with E-state index in [0.29, 0.717) is 23.3 Å². The van der Waals surface area contributed by atoms with Crippen LogP contribution in [0.3, 0.4) is 0 Å². The Morgan fingerprint density at radius 2 is 2.00 bits per heavy atom. The highest BCUT2D eigenvalue weighted by atomic mass is 32.2. The van der Waals surface area contributed by atoms with Crippen molar-refractivity contribution in [1.29, 1.82) is 0 Å². The van der Waals surface area contributed by atoms with Crippen molar-refractivity contribution in [2.45, 2.75) is 30.6 Å². The Morgan fingerprint density at radius 1 is 1.25 bits per heavy atom. The monoisotopic (exact) mass is 352 g/mol. The van der Waals surface area contributed by atoms with E-state index in [1.165, 1.54) is 39.8 Å². The van der Waals surface area contributed by atoms with E-state index in [1.54, 1.807) is 6.07 Å². The molecule has 2 bridgehead atoms. The second kappa shape index (κ2) is 6.37. The molecule has 1 amide bonds. The number of amides is 1. The van der Waals surface area contributed by atoms with Crippen LogP contribution < -0.4 is 10.1 Å². The SMILES string of the molecule is COc1ccc(S(=O)(=O)N(C)C)cc1NC(=O)[C@@H]1C[C@H]2CC[C@H]1C2. The molecular weight excluding hydrogens is 328 g/mol. The molecule has 7 heteroatoms. The predicted molar refractivity (Wildman–Crippen MR) is 91.4 cm³/mol. The molecule has 6 nitrogen and oxygen atoms in total. The van der Waals surface area contributed by atoms with Crippen molar-refractivity contribution in [3.63, 3.8) is 0 Å². The number of methoxy groups -OCH3 is 1. The van der Waals surface area contributed by atoms with E-state index in [-0.39, 0.29) is 16.7 Å². The molecule has 132 valence electrons. The summed E-state index contributed by atoms with van der Waals surface area (Å²) in [4.78, 5) is 12.8. The van der Waals surface area contributed by atoms with Gasteiger partial charge in [-0.05, 0) is 49.3 Å². The maximum absolute atomic E-state index is 12.6. The number of sulfonamides is 1. The summed E-state index contributed by atoms with van der Waals surface area (Å²) in [5.74, 6) is 1.61. The second-order valence-corrected chi connectivity index (χ2v) is 9.07. The Morgan fingerprint density at radius 3 is 2.54 bits per heavy atom. The van der Waals surface area contributed by atoms with Crippen LogP contribution in [0.4, 0.5) is 5.69 Å². The van der Waals surface area contributed by atoms with E-state index in [4.69, 9.17) is 4.74 Å². The van der Waals surface area contributed by atoms with Gasteiger partial charge in [0.05, 0.1) is 17.7 Å². The molecule has 3 atom stereocenters. The lowest BCUT2D eigenvalue weighted by Crippen LogP contribution is -2.27. The summed E-state index contributed by atoms with van der Waals surface area (Å²) in [5, 5.41) is 2.89. The third-order valence-electron chi connectivity index (χ3n) is 5.28. The number of fused-ring (bicyclic) bond motifs is 2. The minimum Gasteiger partial charge on any atom is -0.495 e. The van der Waals surface area contributed by atoms with E-state index in [0.717, 1.165) is 23.6 Å². The molecule has 3 rings (SSSR count). The first-order chi connectivity index (χ1) is 11.3.